The maximum atomic E-state index is 10.9. The van der Waals surface area contributed by atoms with E-state index in [1.807, 2.05) is 0 Å². The number of aromatic amines is 1. The van der Waals surface area contributed by atoms with Gasteiger partial charge in [-0.05, 0) is 6.07 Å². The molecular formula is C6H7NO4S. The van der Waals surface area contributed by atoms with E-state index in [1.54, 1.807) is 0 Å². The molecule has 6 heteroatoms. The van der Waals surface area contributed by atoms with Crippen LogP contribution in [0.2, 0.25) is 0 Å². The lowest BCUT2D eigenvalue weighted by molar-refractivity contribution is 0.0687. The number of sulfone groups is 1. The number of hydrogen-bond donors (Lipinski definition) is 2. The van der Waals surface area contributed by atoms with Crippen LogP contribution in [0.5, 0.6) is 0 Å². The van der Waals surface area contributed by atoms with Crippen LogP contribution in [-0.2, 0) is 9.84 Å². The Morgan fingerprint density at radius 1 is 1.58 bits per heavy atom. The zero-order valence-electron chi connectivity index (χ0n) is 6.23. The van der Waals surface area contributed by atoms with Crippen molar-refractivity contribution < 1.29 is 18.3 Å². The van der Waals surface area contributed by atoms with Crippen LogP contribution in [-0.4, -0.2) is 30.7 Å². The van der Waals surface area contributed by atoms with Crippen molar-refractivity contribution in [2.24, 2.45) is 0 Å². The molecule has 0 fully saturated rings. The first-order valence-corrected chi connectivity index (χ1v) is 4.93. The van der Waals surface area contributed by atoms with Gasteiger partial charge in [-0.25, -0.2) is 13.2 Å². The molecular weight excluding hydrogens is 182 g/mol. The summed E-state index contributed by atoms with van der Waals surface area (Å²) < 4.78 is 21.9. The Bertz CT molecular complexity index is 403. The van der Waals surface area contributed by atoms with Gasteiger partial charge in [-0.2, -0.15) is 0 Å². The molecule has 0 amide bonds. The van der Waals surface area contributed by atoms with Gasteiger partial charge in [0, 0.05) is 12.5 Å². The molecule has 5 nitrogen and oxygen atoms in total. The van der Waals surface area contributed by atoms with E-state index in [-0.39, 0.29) is 10.6 Å². The Morgan fingerprint density at radius 2 is 2.17 bits per heavy atom. The molecule has 1 aromatic rings. The van der Waals surface area contributed by atoms with Gasteiger partial charge in [-0.3, -0.25) is 0 Å². The average Bonchev–Trinajstić information content (AvgIpc) is 2.30. The van der Waals surface area contributed by atoms with Gasteiger partial charge in [0.25, 0.3) is 0 Å². The van der Waals surface area contributed by atoms with Crippen LogP contribution in [0.1, 0.15) is 10.5 Å². The molecule has 0 aromatic carbocycles. The number of hydrogen-bond acceptors (Lipinski definition) is 3. The van der Waals surface area contributed by atoms with Crippen LogP contribution in [0.25, 0.3) is 0 Å². The molecule has 0 aliphatic rings. The number of carbonyl (C=O) groups is 1. The lowest BCUT2D eigenvalue weighted by atomic mass is 10.4. The Kier molecular flexibility index (Phi) is 1.93. The molecule has 0 radical (unpaired) electrons. The third kappa shape index (κ3) is 1.48. The molecule has 0 atom stereocenters. The van der Waals surface area contributed by atoms with Crippen molar-refractivity contribution in [2.45, 2.75) is 4.90 Å². The summed E-state index contributed by atoms with van der Waals surface area (Å²) in [5.41, 5.74) is -0.294. The van der Waals surface area contributed by atoms with Gasteiger partial charge < -0.3 is 10.1 Å². The SMILES string of the molecule is CS(=O)(=O)c1cc[nH]c1C(=O)O. The summed E-state index contributed by atoms with van der Waals surface area (Å²) in [4.78, 5) is 12.6. The Balaban J connectivity index is 3.36. The van der Waals surface area contributed by atoms with Crippen LogP contribution >= 0.6 is 0 Å². The molecule has 0 spiro atoms. The fraction of sp³-hybridized carbons (Fsp3) is 0.167. The predicted octanol–water partition coefficient (Wildman–Crippen LogP) is 0.116. The summed E-state index contributed by atoms with van der Waals surface area (Å²) in [7, 11) is -3.45. The van der Waals surface area contributed by atoms with Crippen molar-refractivity contribution in [3.8, 4) is 0 Å². The Labute approximate surface area is 69.0 Å². The Morgan fingerprint density at radius 3 is 2.50 bits per heavy atom. The van der Waals surface area contributed by atoms with Gasteiger partial charge in [0.05, 0.1) is 4.90 Å². The van der Waals surface area contributed by atoms with Crippen LogP contribution in [0, 0.1) is 0 Å². The van der Waals surface area contributed by atoms with Crippen molar-refractivity contribution in [3.63, 3.8) is 0 Å². The summed E-state index contributed by atoms with van der Waals surface area (Å²) in [5, 5.41) is 8.52. The monoisotopic (exact) mass is 189 g/mol. The highest BCUT2D eigenvalue weighted by Gasteiger charge is 2.18. The molecule has 0 bridgehead atoms. The topological polar surface area (TPSA) is 87.2 Å². The predicted molar refractivity (Wildman–Crippen MR) is 40.9 cm³/mol. The van der Waals surface area contributed by atoms with Gasteiger partial charge in [0.1, 0.15) is 5.69 Å². The molecule has 1 rings (SSSR count). The smallest absolute Gasteiger partial charge is 0.353 e. The standard InChI is InChI=1S/C6H7NO4S/c1-12(10,11)4-2-3-7-5(4)6(8)9/h2-3,7H,1H3,(H,8,9). The van der Waals surface area contributed by atoms with Crippen molar-refractivity contribution in [1.29, 1.82) is 0 Å². The quantitative estimate of drug-likeness (QED) is 0.691. The lowest BCUT2D eigenvalue weighted by Gasteiger charge is -1.94. The molecule has 0 saturated carbocycles. The maximum Gasteiger partial charge on any atom is 0.353 e. The third-order valence-electron chi connectivity index (χ3n) is 1.32. The van der Waals surface area contributed by atoms with E-state index >= 15 is 0 Å². The molecule has 0 saturated heterocycles. The second-order valence-electron chi connectivity index (χ2n) is 2.29. The van der Waals surface area contributed by atoms with E-state index in [0.29, 0.717) is 0 Å². The number of aromatic nitrogens is 1. The number of carboxylic acid groups (broad SMARTS) is 1. The van der Waals surface area contributed by atoms with E-state index in [9.17, 15) is 13.2 Å². The molecule has 1 aromatic heterocycles. The van der Waals surface area contributed by atoms with E-state index in [1.165, 1.54) is 12.3 Å². The minimum Gasteiger partial charge on any atom is -0.477 e. The summed E-state index contributed by atoms with van der Waals surface area (Å²) in [6.07, 6.45) is 2.24. The third-order valence-corrected chi connectivity index (χ3v) is 2.46. The molecule has 66 valence electrons. The Hall–Kier alpha value is -1.30. The number of rotatable bonds is 2. The van der Waals surface area contributed by atoms with Crippen molar-refractivity contribution in [1.82, 2.24) is 4.98 Å². The molecule has 2 N–H and O–H groups in total. The number of aromatic carboxylic acids is 1. The summed E-state index contributed by atoms with van der Waals surface area (Å²) in [6.45, 7) is 0. The number of nitrogens with one attached hydrogen (secondary N) is 1. The molecule has 12 heavy (non-hydrogen) atoms. The zero-order valence-corrected chi connectivity index (χ0v) is 7.05. The first-order chi connectivity index (χ1) is 5.43. The van der Waals surface area contributed by atoms with Gasteiger partial charge >= 0.3 is 5.97 Å². The van der Waals surface area contributed by atoms with E-state index in [0.717, 1.165) is 6.26 Å². The first-order valence-electron chi connectivity index (χ1n) is 3.03. The number of carboxylic acids is 1. The number of H-pyrrole nitrogens is 1. The van der Waals surface area contributed by atoms with E-state index in [4.69, 9.17) is 5.11 Å². The average molecular weight is 189 g/mol. The second kappa shape index (κ2) is 2.63. The lowest BCUT2D eigenvalue weighted by Crippen LogP contribution is -2.05. The van der Waals surface area contributed by atoms with Crippen molar-refractivity contribution >= 4 is 15.8 Å². The van der Waals surface area contributed by atoms with E-state index in [2.05, 4.69) is 4.98 Å². The van der Waals surface area contributed by atoms with Crippen LogP contribution in [0.4, 0.5) is 0 Å². The summed E-state index contributed by atoms with van der Waals surface area (Å²) in [6, 6.07) is 1.22. The molecule has 1 heterocycles. The largest absolute Gasteiger partial charge is 0.477 e. The van der Waals surface area contributed by atoms with Crippen molar-refractivity contribution in [3.05, 3.63) is 18.0 Å². The van der Waals surface area contributed by atoms with Crippen LogP contribution in [0.15, 0.2) is 17.2 Å². The highest BCUT2D eigenvalue weighted by Crippen LogP contribution is 2.13. The van der Waals surface area contributed by atoms with Gasteiger partial charge in [-0.1, -0.05) is 0 Å². The van der Waals surface area contributed by atoms with Crippen LogP contribution < -0.4 is 0 Å². The normalized spacial score (nSPS) is 11.4. The minimum absolute atomic E-state index is 0.185. The molecule has 0 aliphatic heterocycles. The van der Waals surface area contributed by atoms with Crippen LogP contribution in [0.3, 0.4) is 0 Å². The van der Waals surface area contributed by atoms with Gasteiger partial charge in [-0.15, -0.1) is 0 Å². The fourth-order valence-electron chi connectivity index (χ4n) is 0.831. The van der Waals surface area contributed by atoms with Gasteiger partial charge in [0.15, 0.2) is 9.84 Å². The first kappa shape index (κ1) is 8.79. The maximum absolute atomic E-state index is 10.9. The molecule has 0 aliphatic carbocycles. The van der Waals surface area contributed by atoms with Gasteiger partial charge in [0.2, 0.25) is 0 Å². The molecule has 0 unspecified atom stereocenters. The minimum atomic E-state index is -3.45. The van der Waals surface area contributed by atoms with E-state index < -0.39 is 15.8 Å². The highest BCUT2D eigenvalue weighted by molar-refractivity contribution is 7.90. The fourth-order valence-corrected chi connectivity index (χ4v) is 1.66. The van der Waals surface area contributed by atoms with Crippen molar-refractivity contribution in [2.75, 3.05) is 6.26 Å². The highest BCUT2D eigenvalue weighted by atomic mass is 32.2. The second-order valence-corrected chi connectivity index (χ2v) is 4.28. The zero-order chi connectivity index (χ0) is 9.35. The summed E-state index contributed by atoms with van der Waals surface area (Å²) >= 11 is 0. The summed E-state index contributed by atoms with van der Waals surface area (Å²) in [5.74, 6) is -1.28.